The molecule has 0 aliphatic rings. The molecule has 0 saturated carbocycles. The van der Waals surface area contributed by atoms with Crippen molar-refractivity contribution in [2.75, 3.05) is 39.6 Å². The van der Waals surface area contributed by atoms with Crippen molar-refractivity contribution in [1.82, 2.24) is 0 Å². The monoisotopic (exact) mass is 1730 g/mol. The Kier molecular flexibility index (Phi) is 88.8. The van der Waals surface area contributed by atoms with Gasteiger partial charge < -0.3 is 34.2 Å². The average Bonchev–Trinajstić information content (AvgIpc) is 0.908. The van der Waals surface area contributed by atoms with E-state index in [0.29, 0.717) is 19.3 Å². The van der Waals surface area contributed by atoms with Gasteiger partial charge in [-0.3, -0.25) is 32.5 Å². The Morgan fingerprint density at radius 3 is 0.653 bits per heavy atom. The summed E-state index contributed by atoms with van der Waals surface area (Å²) in [6, 6.07) is 0. The number of esters is 3. The Morgan fingerprint density at radius 1 is 0.231 bits per heavy atom. The predicted molar refractivity (Wildman–Crippen MR) is 509 cm³/mol. The van der Waals surface area contributed by atoms with Crippen LogP contribution in [0.2, 0.25) is 0 Å². The van der Waals surface area contributed by atoms with Gasteiger partial charge in [0.05, 0.1) is 26.4 Å². The Labute approximate surface area is 737 Å². The maximum Gasteiger partial charge on any atom is 0.472 e. The molecule has 4 N–H and O–H groups in total. The van der Waals surface area contributed by atoms with Gasteiger partial charge in [-0.2, -0.15) is 0 Å². The minimum atomic E-state index is -4.95. The molecule has 0 radical (unpaired) electrons. The number of carbonyl (C=O) groups is 3. The minimum absolute atomic E-state index is 0.0914. The molecule has 18 heteroatoms. The zero-order valence-electron chi connectivity index (χ0n) is 75.9. The van der Waals surface area contributed by atoms with E-state index in [-0.39, 0.29) is 19.3 Å². The van der Waals surface area contributed by atoms with Crippen LogP contribution in [0.4, 0.5) is 0 Å². The first-order valence-corrected chi connectivity index (χ1v) is 50.4. The fourth-order valence-electron chi connectivity index (χ4n) is 12.4. The van der Waals surface area contributed by atoms with Crippen molar-refractivity contribution in [3.05, 3.63) is 207 Å². The molecule has 5 atom stereocenters. The predicted octanol–water partition coefficient (Wildman–Crippen LogP) is 29.6. The normalized spacial score (nSPS) is 14.7. The van der Waals surface area contributed by atoms with E-state index < -0.39 is 91.5 Å². The van der Waals surface area contributed by atoms with Crippen LogP contribution in [0, 0.1) is 0 Å². The van der Waals surface area contributed by atoms with Crippen molar-refractivity contribution in [1.29, 1.82) is 0 Å². The number of allylic oxidation sites excluding steroid dienone is 34. The quantitative estimate of drug-likeness (QED) is 0.0146. The van der Waals surface area contributed by atoms with Gasteiger partial charge in [-0.15, -0.1) is 0 Å². The van der Waals surface area contributed by atoms with Crippen LogP contribution < -0.4 is 0 Å². The topological polar surface area (TPSA) is 231 Å². The van der Waals surface area contributed by atoms with E-state index in [2.05, 4.69) is 227 Å². The summed E-state index contributed by atoms with van der Waals surface area (Å²) in [4.78, 5) is 59.1. The van der Waals surface area contributed by atoms with E-state index in [1.165, 1.54) is 96.3 Å². The third-order valence-electron chi connectivity index (χ3n) is 19.5. The molecule has 0 amide bonds. The smallest absolute Gasteiger partial charge is 0.463 e. The second-order valence-corrected chi connectivity index (χ2v) is 33.9. The molecular weight excluding hydrogens is 1560 g/mol. The van der Waals surface area contributed by atoms with Crippen molar-refractivity contribution < 1.29 is 75.8 Å². The first-order valence-electron chi connectivity index (χ1n) is 47.4. The van der Waals surface area contributed by atoms with Gasteiger partial charge in [0.15, 0.2) is 6.10 Å². The van der Waals surface area contributed by atoms with E-state index in [1.807, 2.05) is 0 Å². The van der Waals surface area contributed by atoms with Gasteiger partial charge in [0.1, 0.15) is 25.4 Å². The number of ether oxygens (including phenoxy) is 3. The highest BCUT2D eigenvalue weighted by Gasteiger charge is 2.29. The summed E-state index contributed by atoms with van der Waals surface area (Å²) >= 11 is 0. The van der Waals surface area contributed by atoms with Crippen LogP contribution in [0.5, 0.6) is 0 Å². The molecule has 0 aliphatic carbocycles. The number of phosphoric acid groups is 2. The molecule has 121 heavy (non-hydrogen) atoms. The Morgan fingerprint density at radius 2 is 0.413 bits per heavy atom. The van der Waals surface area contributed by atoms with Gasteiger partial charge >= 0.3 is 33.6 Å². The van der Waals surface area contributed by atoms with E-state index >= 15 is 0 Å². The number of aliphatic hydroxyl groups is 2. The SMILES string of the molecule is CC/C=C\C/C=C\C/C=C\C/C=C\C/C=C\C/C=C\CCCCCCCCCCCCCCC(=O)OCC(O)COP(=O)(O)OCC(O)COP(=O)(O)OCC(COC(=O)CCCCCCCCCC/C=C\C/C=C\C/C=C\C/C=C\C/C=C\C/C=C\CC)OC(=O)CCCCCCCCCCCCC/C=C\C/C=C\C/C=C\C/C=C\C/C=C\CC. The zero-order chi connectivity index (χ0) is 87.9. The zero-order valence-corrected chi connectivity index (χ0v) is 77.7. The molecule has 0 bridgehead atoms. The summed E-state index contributed by atoms with van der Waals surface area (Å²) < 4.78 is 61.6. The fraction of sp³-hybridized carbons (Fsp3) is 0.641. The number of rotatable bonds is 88. The van der Waals surface area contributed by atoms with Crippen LogP contribution in [-0.2, 0) is 55.8 Å². The molecule has 0 rings (SSSR count). The molecule has 0 aromatic rings. The molecule has 0 saturated heterocycles. The van der Waals surface area contributed by atoms with Crippen LogP contribution >= 0.6 is 15.6 Å². The maximum absolute atomic E-state index is 13.1. The molecule has 0 fully saturated rings. The van der Waals surface area contributed by atoms with Crippen molar-refractivity contribution in [2.24, 2.45) is 0 Å². The Balaban J connectivity index is 4.67. The number of phosphoric ester groups is 2. The lowest BCUT2D eigenvalue weighted by Gasteiger charge is -2.21. The molecule has 0 spiro atoms. The summed E-state index contributed by atoms with van der Waals surface area (Å²) in [5.41, 5.74) is 0. The van der Waals surface area contributed by atoms with Gasteiger partial charge in [-0.25, -0.2) is 9.13 Å². The van der Waals surface area contributed by atoms with Crippen molar-refractivity contribution in [3.8, 4) is 0 Å². The second-order valence-electron chi connectivity index (χ2n) is 31.0. The first-order chi connectivity index (χ1) is 59.2. The number of hydrogen-bond acceptors (Lipinski definition) is 14. The summed E-state index contributed by atoms with van der Waals surface area (Å²) in [5.74, 6) is -1.59. The standard InChI is InChI=1S/C103H170O16P2/c1-4-7-10-13-16-19-22-25-28-31-34-37-40-43-46-47-48-49-52-54-56-59-62-65-68-71-74-77-80-83-86-89-101(106)113-92-98(104)93-115-120(109,110)116-94-99(105)95-117-121(111,112)118-97-100(119-103(108)91-88-85-82-79-76-73-70-67-64-61-58-55-51-45-42-39-36-33-30-27-24-21-18-15-12-9-6-3)96-114-102(107)90-87-84-81-78-75-72-69-66-63-60-57-53-50-44-41-38-35-32-29-26-23-20-17-14-11-8-5-2/h7-12,16-21,25-30,34-39,43-46,48-51,57,60,98-100,104-105H,4-6,13-15,22-24,31-33,40-42,47,52-56,58-59,61-97H2,1-3H3,(H,109,110)(H,111,112)/b10-7-,11-8-,12-9-,19-16-,20-17-,21-18-,28-25-,29-26-,30-27-,37-34-,38-35-,39-36-,46-43-,49-48-,50-44-,51-45-,60-57-. The van der Waals surface area contributed by atoms with Crippen molar-refractivity contribution in [2.45, 2.75) is 386 Å². The van der Waals surface area contributed by atoms with E-state index in [4.69, 9.17) is 32.3 Å². The molecule has 0 heterocycles. The number of unbranched alkanes of at least 4 members (excludes halogenated alkanes) is 31. The van der Waals surface area contributed by atoms with Crippen LogP contribution in [0.15, 0.2) is 207 Å². The van der Waals surface area contributed by atoms with Gasteiger partial charge in [0.2, 0.25) is 0 Å². The summed E-state index contributed by atoms with van der Waals surface area (Å²) in [5, 5.41) is 20.8. The first kappa shape index (κ1) is 115. The van der Waals surface area contributed by atoms with Gasteiger partial charge in [-0.05, 0) is 167 Å². The maximum atomic E-state index is 13.1. The molecule has 16 nitrogen and oxygen atoms in total. The summed E-state index contributed by atoms with van der Waals surface area (Å²) in [6.45, 7) is 2.36. The molecule has 0 aliphatic heterocycles. The largest absolute Gasteiger partial charge is 0.472 e. The minimum Gasteiger partial charge on any atom is -0.463 e. The molecule has 0 aromatic heterocycles. The van der Waals surface area contributed by atoms with Gasteiger partial charge in [0, 0.05) is 19.3 Å². The van der Waals surface area contributed by atoms with E-state index in [0.717, 1.165) is 212 Å². The number of carbonyl (C=O) groups excluding carboxylic acids is 3. The van der Waals surface area contributed by atoms with Crippen LogP contribution in [0.3, 0.4) is 0 Å². The lowest BCUT2D eigenvalue weighted by Crippen LogP contribution is -2.30. The van der Waals surface area contributed by atoms with Crippen LogP contribution in [0.25, 0.3) is 0 Å². The highest BCUT2D eigenvalue weighted by atomic mass is 31.2. The lowest BCUT2D eigenvalue weighted by atomic mass is 10.0. The van der Waals surface area contributed by atoms with Crippen LogP contribution in [-0.4, -0.2) is 95.9 Å². The fourth-order valence-corrected chi connectivity index (χ4v) is 14.0. The third kappa shape index (κ3) is 94.6. The van der Waals surface area contributed by atoms with E-state index in [1.54, 1.807) is 0 Å². The Hall–Kier alpha value is -5.87. The second kappa shape index (κ2) is 93.3. The molecule has 0 aromatic carbocycles. The van der Waals surface area contributed by atoms with Crippen molar-refractivity contribution >= 4 is 33.6 Å². The van der Waals surface area contributed by atoms with Gasteiger partial charge in [0.25, 0.3) is 0 Å². The lowest BCUT2D eigenvalue weighted by molar-refractivity contribution is -0.161. The molecule has 5 unspecified atom stereocenters. The van der Waals surface area contributed by atoms with Gasteiger partial charge in [-0.1, -0.05) is 388 Å². The highest BCUT2D eigenvalue weighted by molar-refractivity contribution is 7.47. The third-order valence-corrected chi connectivity index (χ3v) is 21.4. The average molecular weight is 1730 g/mol. The number of hydrogen-bond donors (Lipinski definition) is 4. The molecule has 688 valence electrons. The summed E-state index contributed by atoms with van der Waals surface area (Å²) in [7, 11) is -9.83. The Bertz CT molecular complexity index is 3030. The van der Waals surface area contributed by atoms with Crippen LogP contribution in [0.1, 0.15) is 367 Å². The summed E-state index contributed by atoms with van der Waals surface area (Å²) in [6.07, 6.45) is 126. The van der Waals surface area contributed by atoms with Crippen molar-refractivity contribution in [3.63, 3.8) is 0 Å². The highest BCUT2D eigenvalue weighted by Crippen LogP contribution is 2.45. The molecular formula is C103H170O16P2. The van der Waals surface area contributed by atoms with E-state index in [9.17, 15) is 43.5 Å². The number of aliphatic hydroxyl groups excluding tert-OH is 2.